The largest absolute Gasteiger partial charge is 0.312 e. The number of hydrogen-bond acceptors (Lipinski definition) is 2. The van der Waals surface area contributed by atoms with E-state index in [0.717, 1.165) is 12.0 Å². The maximum Gasteiger partial charge on any atom is 0.0281 e. The van der Waals surface area contributed by atoms with Crippen molar-refractivity contribution in [1.29, 1.82) is 0 Å². The van der Waals surface area contributed by atoms with E-state index in [1.54, 1.807) is 0 Å². The molecule has 1 N–H and O–H groups in total. The Morgan fingerprint density at radius 1 is 1.12 bits per heavy atom. The second-order valence-corrected chi connectivity index (χ2v) is 7.31. The second-order valence-electron chi connectivity index (χ2n) is 6.03. The average Bonchev–Trinajstić information content (AvgIpc) is 2.85. The molecular weight excluding hydrogens is 226 g/mol. The third kappa shape index (κ3) is 3.41. The summed E-state index contributed by atoms with van der Waals surface area (Å²) in [6.07, 6.45) is 15.2. The molecule has 2 atom stereocenters. The van der Waals surface area contributed by atoms with Crippen LogP contribution < -0.4 is 5.32 Å². The molecular formula is C15H29NS. The van der Waals surface area contributed by atoms with Crippen molar-refractivity contribution in [3.8, 4) is 0 Å². The van der Waals surface area contributed by atoms with Crippen LogP contribution in [-0.4, -0.2) is 23.6 Å². The summed E-state index contributed by atoms with van der Waals surface area (Å²) in [5, 5.41) is 3.92. The quantitative estimate of drug-likeness (QED) is 0.789. The summed E-state index contributed by atoms with van der Waals surface area (Å²) in [4.78, 5) is 0. The standard InChI is InChI=1S/C15H29NS/c1-3-13-8-7-9-14(13)16-12-15(17-2)10-5-4-6-11-15/h13-14,16H,3-12H2,1-2H3. The molecule has 2 saturated carbocycles. The van der Waals surface area contributed by atoms with Gasteiger partial charge in [-0.15, -0.1) is 0 Å². The molecule has 2 heteroatoms. The van der Waals surface area contributed by atoms with E-state index in [2.05, 4.69) is 30.3 Å². The van der Waals surface area contributed by atoms with Crippen molar-refractivity contribution in [1.82, 2.24) is 5.32 Å². The molecule has 2 unspecified atom stereocenters. The second kappa shape index (κ2) is 6.47. The van der Waals surface area contributed by atoms with Gasteiger partial charge in [-0.1, -0.05) is 39.0 Å². The van der Waals surface area contributed by atoms with Crippen molar-refractivity contribution in [2.24, 2.45) is 5.92 Å². The van der Waals surface area contributed by atoms with Crippen molar-refractivity contribution < 1.29 is 0 Å². The minimum atomic E-state index is 0.569. The SMILES string of the molecule is CCC1CCCC1NCC1(SC)CCCCC1. The molecule has 0 aliphatic heterocycles. The zero-order valence-electron chi connectivity index (χ0n) is 11.6. The van der Waals surface area contributed by atoms with Crippen molar-refractivity contribution in [3.63, 3.8) is 0 Å². The lowest BCUT2D eigenvalue weighted by Crippen LogP contribution is -2.44. The van der Waals surface area contributed by atoms with E-state index in [4.69, 9.17) is 0 Å². The number of hydrogen-bond donors (Lipinski definition) is 1. The van der Waals surface area contributed by atoms with Crippen molar-refractivity contribution >= 4 is 11.8 Å². The molecule has 0 aromatic carbocycles. The lowest BCUT2D eigenvalue weighted by Gasteiger charge is -2.37. The highest BCUT2D eigenvalue weighted by molar-refractivity contribution is 8.00. The van der Waals surface area contributed by atoms with Gasteiger partial charge in [0.15, 0.2) is 0 Å². The van der Waals surface area contributed by atoms with Crippen LogP contribution in [0.2, 0.25) is 0 Å². The number of rotatable bonds is 5. The smallest absolute Gasteiger partial charge is 0.0281 e. The van der Waals surface area contributed by atoms with E-state index < -0.39 is 0 Å². The van der Waals surface area contributed by atoms with Crippen molar-refractivity contribution in [2.45, 2.75) is 75.5 Å². The zero-order valence-corrected chi connectivity index (χ0v) is 12.5. The third-order valence-electron chi connectivity index (χ3n) is 5.07. The van der Waals surface area contributed by atoms with Crippen LogP contribution >= 0.6 is 11.8 Å². The molecule has 2 rings (SSSR count). The highest BCUT2D eigenvalue weighted by Gasteiger charge is 2.33. The van der Waals surface area contributed by atoms with Gasteiger partial charge in [0.1, 0.15) is 0 Å². The van der Waals surface area contributed by atoms with E-state index in [0.29, 0.717) is 4.75 Å². The maximum absolute atomic E-state index is 3.92. The fourth-order valence-electron chi connectivity index (χ4n) is 3.76. The Labute approximate surface area is 112 Å². The van der Waals surface area contributed by atoms with Crippen LogP contribution in [0.4, 0.5) is 0 Å². The van der Waals surface area contributed by atoms with Gasteiger partial charge in [0.05, 0.1) is 0 Å². The molecule has 0 aromatic rings. The summed E-state index contributed by atoms with van der Waals surface area (Å²) < 4.78 is 0.569. The molecule has 2 fully saturated rings. The predicted octanol–water partition coefficient (Wildman–Crippen LogP) is 4.22. The summed E-state index contributed by atoms with van der Waals surface area (Å²) in [5.74, 6) is 0.956. The van der Waals surface area contributed by atoms with Gasteiger partial charge in [-0.3, -0.25) is 0 Å². The van der Waals surface area contributed by atoms with Gasteiger partial charge < -0.3 is 5.32 Å². The normalized spacial score (nSPS) is 32.8. The first-order valence-corrected chi connectivity index (χ1v) is 8.81. The van der Waals surface area contributed by atoms with Crippen molar-refractivity contribution in [3.05, 3.63) is 0 Å². The fourth-order valence-corrected chi connectivity index (χ4v) is 4.69. The Kier molecular flexibility index (Phi) is 5.23. The number of nitrogens with one attached hydrogen (secondary N) is 1. The van der Waals surface area contributed by atoms with Gasteiger partial charge in [-0.2, -0.15) is 11.8 Å². The number of thioether (sulfide) groups is 1. The van der Waals surface area contributed by atoms with E-state index in [1.165, 1.54) is 64.3 Å². The Morgan fingerprint density at radius 2 is 1.88 bits per heavy atom. The summed E-state index contributed by atoms with van der Waals surface area (Å²) in [5.41, 5.74) is 0. The summed E-state index contributed by atoms with van der Waals surface area (Å²) in [6, 6.07) is 0.825. The molecule has 100 valence electrons. The molecule has 0 heterocycles. The Bertz CT molecular complexity index is 223. The molecule has 2 aliphatic rings. The lowest BCUT2D eigenvalue weighted by atomic mass is 9.87. The molecule has 0 spiro atoms. The van der Waals surface area contributed by atoms with Gasteiger partial charge in [0.2, 0.25) is 0 Å². The van der Waals surface area contributed by atoms with E-state index in [9.17, 15) is 0 Å². The molecule has 0 aromatic heterocycles. The highest BCUT2D eigenvalue weighted by atomic mass is 32.2. The first-order valence-electron chi connectivity index (χ1n) is 7.58. The van der Waals surface area contributed by atoms with E-state index in [-0.39, 0.29) is 0 Å². The van der Waals surface area contributed by atoms with Crippen LogP contribution in [0.15, 0.2) is 0 Å². The molecule has 0 saturated heterocycles. The fraction of sp³-hybridized carbons (Fsp3) is 1.00. The van der Waals surface area contributed by atoms with Gasteiger partial charge in [0, 0.05) is 17.3 Å². The third-order valence-corrected chi connectivity index (χ3v) is 6.49. The monoisotopic (exact) mass is 255 g/mol. The topological polar surface area (TPSA) is 12.0 Å². The van der Waals surface area contributed by atoms with Crippen LogP contribution in [0.1, 0.15) is 64.7 Å². The van der Waals surface area contributed by atoms with Crippen LogP contribution in [0, 0.1) is 5.92 Å². The minimum Gasteiger partial charge on any atom is -0.312 e. The van der Waals surface area contributed by atoms with Gasteiger partial charge in [0.25, 0.3) is 0 Å². The Morgan fingerprint density at radius 3 is 2.53 bits per heavy atom. The Hall–Kier alpha value is 0.310. The summed E-state index contributed by atoms with van der Waals surface area (Å²) in [6.45, 7) is 3.62. The predicted molar refractivity (Wildman–Crippen MR) is 78.8 cm³/mol. The van der Waals surface area contributed by atoms with Crippen LogP contribution in [0.3, 0.4) is 0 Å². The summed E-state index contributed by atoms with van der Waals surface area (Å²) >= 11 is 2.12. The summed E-state index contributed by atoms with van der Waals surface area (Å²) in [7, 11) is 0. The van der Waals surface area contributed by atoms with Gasteiger partial charge in [-0.25, -0.2) is 0 Å². The maximum atomic E-state index is 3.92. The van der Waals surface area contributed by atoms with E-state index in [1.807, 2.05) is 0 Å². The molecule has 0 radical (unpaired) electrons. The minimum absolute atomic E-state index is 0.569. The van der Waals surface area contributed by atoms with Crippen LogP contribution in [0.25, 0.3) is 0 Å². The lowest BCUT2D eigenvalue weighted by molar-refractivity contribution is 0.329. The average molecular weight is 255 g/mol. The first-order chi connectivity index (χ1) is 8.29. The van der Waals surface area contributed by atoms with Gasteiger partial charge in [-0.05, 0) is 37.9 Å². The zero-order chi connectivity index (χ0) is 12.1. The molecule has 2 aliphatic carbocycles. The first kappa shape index (κ1) is 13.7. The molecule has 0 amide bonds. The molecule has 1 nitrogen and oxygen atoms in total. The molecule has 0 bridgehead atoms. The Balaban J connectivity index is 1.82. The van der Waals surface area contributed by atoms with Crippen LogP contribution in [-0.2, 0) is 0 Å². The highest BCUT2D eigenvalue weighted by Crippen LogP contribution is 2.38. The molecule has 17 heavy (non-hydrogen) atoms. The van der Waals surface area contributed by atoms with Gasteiger partial charge >= 0.3 is 0 Å². The van der Waals surface area contributed by atoms with Crippen molar-refractivity contribution in [2.75, 3.05) is 12.8 Å². The van der Waals surface area contributed by atoms with E-state index >= 15 is 0 Å². The van der Waals surface area contributed by atoms with Crippen LogP contribution in [0.5, 0.6) is 0 Å².